The fourth-order valence-corrected chi connectivity index (χ4v) is 2.19. The van der Waals surface area contributed by atoms with Crippen LogP contribution in [-0.4, -0.2) is 44.1 Å². The largest absolute Gasteiger partial charge is 0.507 e. The summed E-state index contributed by atoms with van der Waals surface area (Å²) in [6, 6.07) is 2.80. The third-order valence-electron chi connectivity index (χ3n) is 2.21. The summed E-state index contributed by atoms with van der Waals surface area (Å²) in [5.41, 5.74) is -0.539. The molecule has 19 heavy (non-hydrogen) atoms. The van der Waals surface area contributed by atoms with Gasteiger partial charge in [0.1, 0.15) is 11.3 Å². The highest BCUT2D eigenvalue weighted by molar-refractivity contribution is 7.89. The van der Waals surface area contributed by atoms with E-state index in [2.05, 4.69) is 5.32 Å². The van der Waals surface area contributed by atoms with Gasteiger partial charge in [0.2, 0.25) is 15.9 Å². The van der Waals surface area contributed by atoms with Crippen LogP contribution in [0.15, 0.2) is 23.1 Å². The SMILES string of the molecule is CNC(=O)CNS(=O)(=O)c1ccc(O)c(C(=O)O)c1. The summed E-state index contributed by atoms with van der Waals surface area (Å²) in [6.07, 6.45) is 0. The van der Waals surface area contributed by atoms with Crippen LogP contribution in [0.5, 0.6) is 5.75 Å². The van der Waals surface area contributed by atoms with Crippen LogP contribution in [-0.2, 0) is 14.8 Å². The van der Waals surface area contributed by atoms with Crippen LogP contribution in [0.4, 0.5) is 0 Å². The van der Waals surface area contributed by atoms with E-state index >= 15 is 0 Å². The van der Waals surface area contributed by atoms with Gasteiger partial charge in [0.25, 0.3) is 0 Å². The van der Waals surface area contributed by atoms with Crippen molar-refractivity contribution < 1.29 is 28.2 Å². The van der Waals surface area contributed by atoms with Crippen LogP contribution in [0.1, 0.15) is 10.4 Å². The van der Waals surface area contributed by atoms with Crippen molar-refractivity contribution in [3.05, 3.63) is 23.8 Å². The predicted molar refractivity (Wildman–Crippen MR) is 64.3 cm³/mol. The lowest BCUT2D eigenvalue weighted by Crippen LogP contribution is -2.35. The summed E-state index contributed by atoms with van der Waals surface area (Å²) in [7, 11) is -2.68. The van der Waals surface area contributed by atoms with Crippen LogP contribution in [0, 0.1) is 0 Å². The van der Waals surface area contributed by atoms with Crippen molar-refractivity contribution in [2.75, 3.05) is 13.6 Å². The summed E-state index contributed by atoms with van der Waals surface area (Å²) in [6.45, 7) is -0.470. The maximum absolute atomic E-state index is 11.8. The Balaban J connectivity index is 3.05. The van der Waals surface area contributed by atoms with Crippen LogP contribution >= 0.6 is 0 Å². The summed E-state index contributed by atoms with van der Waals surface area (Å²) < 4.78 is 25.5. The Morgan fingerprint density at radius 2 is 1.95 bits per heavy atom. The van der Waals surface area contributed by atoms with E-state index in [9.17, 15) is 23.1 Å². The first kappa shape index (κ1) is 14.9. The first-order chi connectivity index (χ1) is 8.77. The fourth-order valence-electron chi connectivity index (χ4n) is 1.19. The molecule has 0 radical (unpaired) electrons. The molecule has 1 rings (SSSR count). The number of benzene rings is 1. The highest BCUT2D eigenvalue weighted by atomic mass is 32.2. The first-order valence-corrected chi connectivity index (χ1v) is 6.53. The number of aromatic carboxylic acids is 1. The number of hydrogen-bond acceptors (Lipinski definition) is 5. The number of phenols is 1. The molecule has 1 aromatic rings. The molecule has 0 aliphatic carbocycles. The normalized spacial score (nSPS) is 11.0. The van der Waals surface area contributed by atoms with Gasteiger partial charge in [-0.15, -0.1) is 0 Å². The lowest BCUT2D eigenvalue weighted by atomic mass is 10.2. The number of carbonyl (C=O) groups is 2. The van der Waals surface area contributed by atoms with Crippen molar-refractivity contribution in [1.29, 1.82) is 0 Å². The maximum Gasteiger partial charge on any atom is 0.339 e. The number of nitrogens with one attached hydrogen (secondary N) is 2. The summed E-state index contributed by atoms with van der Waals surface area (Å²) in [5.74, 6) is -2.54. The minimum absolute atomic E-state index is 0.355. The quantitative estimate of drug-likeness (QED) is 0.556. The van der Waals surface area contributed by atoms with Gasteiger partial charge in [0, 0.05) is 7.05 Å². The molecule has 0 saturated carbocycles. The monoisotopic (exact) mass is 288 g/mol. The van der Waals surface area contributed by atoms with E-state index in [0.29, 0.717) is 0 Å². The van der Waals surface area contributed by atoms with E-state index in [1.165, 1.54) is 7.05 Å². The lowest BCUT2D eigenvalue weighted by molar-refractivity contribution is -0.119. The van der Waals surface area contributed by atoms with E-state index in [0.717, 1.165) is 18.2 Å². The van der Waals surface area contributed by atoms with Gasteiger partial charge < -0.3 is 15.5 Å². The molecule has 0 saturated heterocycles. The molecule has 0 atom stereocenters. The average Bonchev–Trinajstić information content (AvgIpc) is 2.35. The molecule has 0 unspecified atom stereocenters. The number of aromatic hydroxyl groups is 1. The van der Waals surface area contributed by atoms with Gasteiger partial charge in [-0.05, 0) is 18.2 Å². The zero-order valence-electron chi connectivity index (χ0n) is 9.87. The summed E-state index contributed by atoms with van der Waals surface area (Å²) >= 11 is 0. The van der Waals surface area contributed by atoms with Crippen molar-refractivity contribution in [1.82, 2.24) is 10.0 Å². The van der Waals surface area contributed by atoms with Crippen LogP contribution in [0.25, 0.3) is 0 Å². The number of carboxylic acids is 1. The van der Waals surface area contributed by atoms with Gasteiger partial charge in [-0.2, -0.15) is 0 Å². The van der Waals surface area contributed by atoms with Crippen molar-refractivity contribution >= 4 is 21.9 Å². The third-order valence-corrected chi connectivity index (χ3v) is 3.61. The van der Waals surface area contributed by atoms with E-state index in [1.807, 2.05) is 4.72 Å². The Kier molecular flexibility index (Phi) is 4.46. The Bertz CT molecular complexity index is 610. The van der Waals surface area contributed by atoms with Gasteiger partial charge in [-0.1, -0.05) is 0 Å². The van der Waals surface area contributed by atoms with Gasteiger partial charge in [-0.25, -0.2) is 17.9 Å². The van der Waals surface area contributed by atoms with Crippen molar-refractivity contribution in [2.24, 2.45) is 0 Å². The second-order valence-corrected chi connectivity index (χ2v) is 5.25. The topological polar surface area (TPSA) is 133 Å². The molecule has 0 aromatic heterocycles. The Morgan fingerprint density at radius 1 is 1.32 bits per heavy atom. The Morgan fingerprint density at radius 3 is 2.47 bits per heavy atom. The molecule has 0 fully saturated rings. The molecule has 104 valence electrons. The molecule has 9 heteroatoms. The minimum atomic E-state index is -4.02. The van der Waals surface area contributed by atoms with Gasteiger partial charge >= 0.3 is 5.97 Å². The predicted octanol–water partition coefficient (Wildman–Crippen LogP) is -0.885. The Hall–Kier alpha value is -2.13. The molecule has 8 nitrogen and oxygen atoms in total. The van der Waals surface area contributed by atoms with Crippen molar-refractivity contribution in [3.8, 4) is 5.75 Å². The molecule has 0 aliphatic heterocycles. The number of carboxylic acid groups (broad SMARTS) is 1. The van der Waals surface area contributed by atoms with Crippen molar-refractivity contribution in [3.63, 3.8) is 0 Å². The molecule has 1 amide bonds. The van der Waals surface area contributed by atoms with Crippen LogP contribution in [0.2, 0.25) is 0 Å². The molecule has 0 aliphatic rings. The zero-order valence-corrected chi connectivity index (χ0v) is 10.7. The first-order valence-electron chi connectivity index (χ1n) is 5.04. The molecule has 0 bridgehead atoms. The number of amides is 1. The summed E-state index contributed by atoms with van der Waals surface area (Å²) in [5, 5.41) is 20.3. The standard InChI is InChI=1S/C10H12N2O6S/c1-11-9(14)5-12-19(17,18)6-2-3-8(13)7(4-6)10(15)16/h2-4,12-13H,5H2,1H3,(H,11,14)(H,15,16). The summed E-state index contributed by atoms with van der Waals surface area (Å²) in [4.78, 5) is 21.4. The van der Waals surface area contributed by atoms with Gasteiger partial charge in [0.15, 0.2) is 0 Å². The van der Waals surface area contributed by atoms with Crippen LogP contribution < -0.4 is 10.0 Å². The second kappa shape index (κ2) is 5.67. The average molecular weight is 288 g/mol. The number of hydrogen-bond donors (Lipinski definition) is 4. The van der Waals surface area contributed by atoms with Gasteiger partial charge in [-0.3, -0.25) is 4.79 Å². The van der Waals surface area contributed by atoms with E-state index < -0.39 is 39.8 Å². The smallest absolute Gasteiger partial charge is 0.339 e. The number of rotatable bonds is 5. The fraction of sp³-hybridized carbons (Fsp3) is 0.200. The maximum atomic E-state index is 11.8. The number of sulfonamides is 1. The second-order valence-electron chi connectivity index (χ2n) is 3.48. The van der Waals surface area contributed by atoms with E-state index in [-0.39, 0.29) is 4.90 Å². The molecular formula is C10H12N2O6S. The zero-order chi connectivity index (χ0) is 14.6. The van der Waals surface area contributed by atoms with E-state index in [4.69, 9.17) is 5.11 Å². The highest BCUT2D eigenvalue weighted by Gasteiger charge is 2.19. The molecule has 0 heterocycles. The highest BCUT2D eigenvalue weighted by Crippen LogP contribution is 2.21. The third kappa shape index (κ3) is 3.66. The van der Waals surface area contributed by atoms with E-state index in [1.54, 1.807) is 0 Å². The van der Waals surface area contributed by atoms with Crippen LogP contribution in [0.3, 0.4) is 0 Å². The molecular weight excluding hydrogens is 276 g/mol. The minimum Gasteiger partial charge on any atom is -0.507 e. The molecule has 4 N–H and O–H groups in total. The lowest BCUT2D eigenvalue weighted by Gasteiger charge is -2.07. The molecule has 1 aromatic carbocycles. The van der Waals surface area contributed by atoms with Gasteiger partial charge in [0.05, 0.1) is 11.4 Å². The number of carbonyl (C=O) groups excluding carboxylic acids is 1. The molecule has 0 spiro atoms. The Labute approximate surface area is 109 Å². The van der Waals surface area contributed by atoms with Crippen molar-refractivity contribution in [2.45, 2.75) is 4.90 Å². The number of likely N-dealkylation sites (N-methyl/N-ethyl adjacent to an activating group) is 1.